The molecular weight excluding hydrogens is 218 g/mol. The fraction of sp³-hybridized carbons (Fsp3) is 0.333. The lowest BCUT2D eigenvalue weighted by Crippen LogP contribution is -2.22. The molecule has 5 nitrogen and oxygen atoms in total. The van der Waals surface area contributed by atoms with Crippen molar-refractivity contribution >= 4 is 23.4 Å². The highest BCUT2D eigenvalue weighted by Crippen LogP contribution is 2.19. The summed E-state index contributed by atoms with van der Waals surface area (Å²) in [6, 6.07) is 3.27. The van der Waals surface area contributed by atoms with Crippen LogP contribution in [0.25, 0.3) is 0 Å². The van der Waals surface area contributed by atoms with Gasteiger partial charge in [-0.25, -0.2) is 9.59 Å². The van der Waals surface area contributed by atoms with E-state index in [2.05, 4.69) is 0 Å². The van der Waals surface area contributed by atoms with Crippen molar-refractivity contribution in [2.75, 3.05) is 13.2 Å². The number of nitrogens with zero attached hydrogens (tertiary/aromatic N) is 1. The van der Waals surface area contributed by atoms with Crippen LogP contribution in [0, 0.1) is 0 Å². The van der Waals surface area contributed by atoms with E-state index in [1.54, 1.807) is 17.0 Å². The smallest absolute Gasteiger partial charge is 0.410 e. The molecule has 1 aliphatic heterocycles. The Morgan fingerprint density at radius 2 is 2.40 bits per heavy atom. The van der Waals surface area contributed by atoms with Gasteiger partial charge in [0.25, 0.3) is 0 Å². The summed E-state index contributed by atoms with van der Waals surface area (Å²) < 4.78 is 4.77. The second-order valence-corrected chi connectivity index (χ2v) is 4.28. The monoisotopic (exact) mass is 227 g/mol. The normalized spacial score (nSPS) is 15.5. The van der Waals surface area contributed by atoms with Gasteiger partial charge in [-0.3, -0.25) is 4.90 Å². The third-order valence-corrected chi connectivity index (χ3v) is 3.12. The van der Waals surface area contributed by atoms with Gasteiger partial charge in [0.05, 0.1) is 13.1 Å². The molecule has 0 bridgehead atoms. The Morgan fingerprint density at radius 3 is 2.93 bits per heavy atom. The van der Waals surface area contributed by atoms with Crippen molar-refractivity contribution in [3.05, 3.63) is 21.9 Å². The van der Waals surface area contributed by atoms with Gasteiger partial charge in [0.15, 0.2) is 0 Å². The summed E-state index contributed by atoms with van der Waals surface area (Å²) in [5, 5.41) is 8.72. The number of ether oxygens (including phenoxy) is 1. The van der Waals surface area contributed by atoms with Crippen LogP contribution in [0.3, 0.4) is 0 Å². The number of aromatic carboxylic acids is 1. The number of rotatable bonds is 3. The largest absolute Gasteiger partial charge is 0.477 e. The molecule has 2 heterocycles. The number of hydrogen-bond acceptors (Lipinski definition) is 4. The molecule has 1 aliphatic rings. The molecule has 80 valence electrons. The molecule has 0 atom stereocenters. The van der Waals surface area contributed by atoms with E-state index in [9.17, 15) is 9.59 Å². The van der Waals surface area contributed by atoms with E-state index in [4.69, 9.17) is 9.84 Å². The standard InChI is InChI=1S/C9H9NO4S/c11-8(12)7-2-1-6(15-7)5-10-3-4-14-9(10)13/h1-2H,3-5H2,(H,11,12). The molecule has 1 aromatic rings. The van der Waals surface area contributed by atoms with Crippen LogP contribution in [-0.2, 0) is 11.3 Å². The first-order valence-corrected chi connectivity index (χ1v) is 5.22. The van der Waals surface area contributed by atoms with Gasteiger partial charge in [0.1, 0.15) is 11.5 Å². The summed E-state index contributed by atoms with van der Waals surface area (Å²) in [5.74, 6) is -0.935. The highest BCUT2D eigenvalue weighted by molar-refractivity contribution is 7.13. The third kappa shape index (κ3) is 2.10. The van der Waals surface area contributed by atoms with E-state index in [1.807, 2.05) is 0 Å². The fourth-order valence-corrected chi connectivity index (χ4v) is 2.20. The van der Waals surface area contributed by atoms with Crippen molar-refractivity contribution in [3.8, 4) is 0 Å². The number of amides is 1. The van der Waals surface area contributed by atoms with Gasteiger partial charge in [0.2, 0.25) is 0 Å². The second-order valence-electron chi connectivity index (χ2n) is 3.11. The van der Waals surface area contributed by atoms with Crippen molar-refractivity contribution in [1.82, 2.24) is 4.90 Å². The maximum absolute atomic E-state index is 11.1. The van der Waals surface area contributed by atoms with Crippen LogP contribution in [0.5, 0.6) is 0 Å². The molecule has 1 saturated heterocycles. The zero-order valence-electron chi connectivity index (χ0n) is 7.80. The number of cyclic esters (lactones) is 1. The SMILES string of the molecule is O=C(O)c1ccc(CN2CCOC2=O)s1. The number of carbonyl (C=O) groups excluding carboxylic acids is 1. The number of hydrogen-bond donors (Lipinski definition) is 1. The first kappa shape index (κ1) is 9.97. The fourth-order valence-electron chi connectivity index (χ4n) is 1.34. The van der Waals surface area contributed by atoms with Gasteiger partial charge in [0, 0.05) is 4.88 Å². The molecule has 0 unspecified atom stereocenters. The predicted molar refractivity (Wildman–Crippen MR) is 53.0 cm³/mol. The van der Waals surface area contributed by atoms with Crippen molar-refractivity contribution in [3.63, 3.8) is 0 Å². The molecule has 0 radical (unpaired) electrons. The lowest BCUT2D eigenvalue weighted by Gasteiger charge is -2.09. The molecule has 2 rings (SSSR count). The van der Waals surface area contributed by atoms with E-state index in [0.29, 0.717) is 19.7 Å². The minimum Gasteiger partial charge on any atom is -0.477 e. The zero-order chi connectivity index (χ0) is 10.8. The highest BCUT2D eigenvalue weighted by atomic mass is 32.1. The van der Waals surface area contributed by atoms with Crippen molar-refractivity contribution in [2.24, 2.45) is 0 Å². The van der Waals surface area contributed by atoms with E-state index in [0.717, 1.165) is 4.88 Å². The third-order valence-electron chi connectivity index (χ3n) is 2.06. The van der Waals surface area contributed by atoms with Crippen molar-refractivity contribution in [2.45, 2.75) is 6.54 Å². The predicted octanol–water partition coefficient (Wildman–Crippen LogP) is 1.40. The average molecular weight is 227 g/mol. The van der Waals surface area contributed by atoms with Crippen molar-refractivity contribution in [1.29, 1.82) is 0 Å². The van der Waals surface area contributed by atoms with Crippen LogP contribution in [0.15, 0.2) is 12.1 Å². The number of carbonyl (C=O) groups is 2. The van der Waals surface area contributed by atoms with Gasteiger partial charge in [-0.2, -0.15) is 0 Å². The van der Waals surface area contributed by atoms with E-state index >= 15 is 0 Å². The highest BCUT2D eigenvalue weighted by Gasteiger charge is 2.22. The Hall–Kier alpha value is -1.56. The van der Waals surface area contributed by atoms with Crippen LogP contribution in [0.1, 0.15) is 14.5 Å². The quantitative estimate of drug-likeness (QED) is 0.847. The topological polar surface area (TPSA) is 66.8 Å². The molecule has 1 amide bonds. The summed E-state index contributed by atoms with van der Waals surface area (Å²) in [6.45, 7) is 1.41. The van der Waals surface area contributed by atoms with Gasteiger partial charge < -0.3 is 9.84 Å². The summed E-state index contributed by atoms with van der Waals surface area (Å²) in [5.41, 5.74) is 0. The first-order valence-electron chi connectivity index (χ1n) is 4.40. The zero-order valence-corrected chi connectivity index (χ0v) is 8.62. The van der Waals surface area contributed by atoms with Gasteiger partial charge >= 0.3 is 12.1 Å². The molecule has 0 saturated carbocycles. The summed E-state index contributed by atoms with van der Waals surface area (Å²) in [6.07, 6.45) is -0.333. The summed E-state index contributed by atoms with van der Waals surface area (Å²) in [7, 11) is 0. The molecule has 0 aliphatic carbocycles. The Labute approximate surface area is 89.9 Å². The molecule has 1 N–H and O–H groups in total. The first-order chi connectivity index (χ1) is 7.16. The maximum Gasteiger partial charge on any atom is 0.410 e. The minimum absolute atomic E-state index is 0.289. The van der Waals surface area contributed by atoms with Crippen LogP contribution in [-0.4, -0.2) is 35.2 Å². The van der Waals surface area contributed by atoms with E-state index < -0.39 is 5.97 Å². The van der Waals surface area contributed by atoms with Gasteiger partial charge in [-0.15, -0.1) is 11.3 Å². The molecule has 6 heteroatoms. The molecule has 1 aromatic heterocycles. The van der Waals surface area contributed by atoms with Gasteiger partial charge in [-0.05, 0) is 12.1 Å². The van der Waals surface area contributed by atoms with Crippen LogP contribution >= 0.6 is 11.3 Å². The Bertz CT molecular complexity index is 401. The number of carboxylic acids is 1. The van der Waals surface area contributed by atoms with Crippen molar-refractivity contribution < 1.29 is 19.4 Å². The van der Waals surface area contributed by atoms with Gasteiger partial charge in [-0.1, -0.05) is 0 Å². The number of thiophene rings is 1. The lowest BCUT2D eigenvalue weighted by atomic mass is 10.4. The van der Waals surface area contributed by atoms with Crippen LogP contribution < -0.4 is 0 Å². The van der Waals surface area contributed by atoms with Crippen LogP contribution in [0.4, 0.5) is 4.79 Å². The second kappa shape index (κ2) is 3.90. The molecular formula is C9H9NO4S. The van der Waals surface area contributed by atoms with Crippen LogP contribution in [0.2, 0.25) is 0 Å². The number of carboxylic acid groups (broad SMARTS) is 1. The van der Waals surface area contributed by atoms with E-state index in [-0.39, 0.29) is 11.0 Å². The summed E-state index contributed by atoms with van der Waals surface area (Å²) in [4.78, 5) is 24.4. The molecule has 0 aromatic carbocycles. The maximum atomic E-state index is 11.1. The lowest BCUT2D eigenvalue weighted by molar-refractivity contribution is 0.0702. The molecule has 15 heavy (non-hydrogen) atoms. The van der Waals surface area contributed by atoms with E-state index in [1.165, 1.54) is 11.3 Å². The minimum atomic E-state index is -0.935. The molecule has 1 fully saturated rings. The Morgan fingerprint density at radius 1 is 1.60 bits per heavy atom. The molecule has 0 spiro atoms. The summed E-state index contributed by atoms with van der Waals surface area (Å²) >= 11 is 1.18. The Kier molecular flexibility index (Phi) is 2.59. The average Bonchev–Trinajstić information content (AvgIpc) is 2.77. The Balaban J connectivity index is 2.04.